The maximum absolute atomic E-state index is 9.98. The van der Waals surface area contributed by atoms with Crippen LogP contribution in [0.5, 0.6) is 0 Å². The lowest BCUT2D eigenvalue weighted by Gasteiger charge is -2.27. The third-order valence-corrected chi connectivity index (χ3v) is 1.66. The zero-order valence-electron chi connectivity index (χ0n) is 9.77. The fraction of sp³-hybridized carbons (Fsp3) is 1.00. The maximum atomic E-state index is 9.98. The molecule has 90 valence electrons. The minimum atomic E-state index is -0.307. The molecule has 0 saturated carbocycles. The van der Waals surface area contributed by atoms with Crippen LogP contribution in [-0.2, 0) is 14.5 Å². The average Bonchev–Trinajstić information content (AvgIpc) is 2.19. The largest absolute Gasteiger partial charge is 0.180 e. The molecule has 0 aromatic heterocycles. The van der Waals surface area contributed by atoms with Gasteiger partial charge in [-0.05, 0) is 20.8 Å². The van der Waals surface area contributed by atoms with Crippen molar-refractivity contribution in [3.05, 3.63) is 4.91 Å². The van der Waals surface area contributed by atoms with Gasteiger partial charge in [-0.3, -0.25) is 0 Å². The summed E-state index contributed by atoms with van der Waals surface area (Å²) in [6.45, 7) is 7.74. The first kappa shape index (κ1) is 14.4. The molecular weight excluding hydrogens is 200 g/mol. The van der Waals surface area contributed by atoms with Gasteiger partial charge in [0.15, 0.2) is 6.54 Å². The molecule has 0 N–H and O–H groups in total. The van der Waals surface area contributed by atoms with E-state index in [0.29, 0.717) is 32.8 Å². The van der Waals surface area contributed by atoms with Gasteiger partial charge in [-0.25, -0.2) is 0 Å². The Hall–Kier alpha value is -0.560. The monoisotopic (exact) mass is 221 g/mol. The lowest BCUT2D eigenvalue weighted by atomic mass is 10.4. The summed E-state index contributed by atoms with van der Waals surface area (Å²) in [6, 6.07) is 0. The quantitative estimate of drug-likeness (QED) is 0.244. The molecule has 0 spiro atoms. The van der Waals surface area contributed by atoms with Crippen molar-refractivity contribution in [3.8, 4) is 0 Å². The topological polar surface area (TPSA) is 57.1 Å². The fourth-order valence-corrected chi connectivity index (χ4v) is 1.22. The highest BCUT2D eigenvalue weighted by molar-refractivity contribution is 4.38. The van der Waals surface area contributed by atoms with E-state index < -0.39 is 0 Å². The molecule has 0 aliphatic rings. The Kier molecular flexibility index (Phi) is 8.40. The normalized spacial score (nSPS) is 11.7. The average molecular weight is 221 g/mol. The molecule has 0 bridgehead atoms. The van der Waals surface area contributed by atoms with Gasteiger partial charge in [0.2, 0.25) is 0 Å². The van der Waals surface area contributed by atoms with Crippen LogP contribution >= 0.6 is 0 Å². The van der Waals surface area contributed by atoms with Gasteiger partial charge in [0.05, 0.1) is 11.5 Å². The van der Waals surface area contributed by atoms with Gasteiger partial charge in [-0.2, -0.15) is 4.91 Å². The zero-order valence-corrected chi connectivity index (χ0v) is 9.77. The van der Waals surface area contributed by atoms with E-state index in [0.717, 1.165) is 0 Å². The third kappa shape index (κ3) is 5.78. The van der Waals surface area contributed by atoms with E-state index in [4.69, 9.17) is 14.5 Å². The predicted molar refractivity (Wildman–Crippen MR) is 55.3 cm³/mol. The van der Waals surface area contributed by atoms with Crippen LogP contribution in [0.2, 0.25) is 0 Å². The minimum absolute atomic E-state index is 0.243. The van der Waals surface area contributed by atoms with Gasteiger partial charge < -0.3 is 0 Å². The van der Waals surface area contributed by atoms with Crippen LogP contribution in [0.15, 0.2) is 5.18 Å². The molecule has 15 heavy (non-hydrogen) atoms. The minimum Gasteiger partial charge on any atom is -0.151 e. The van der Waals surface area contributed by atoms with E-state index in [1.807, 2.05) is 20.8 Å². The molecule has 0 fully saturated rings. The number of hydroxylamine groups is 3. The molecule has 0 atom stereocenters. The summed E-state index contributed by atoms with van der Waals surface area (Å²) < 4.78 is 0. The Bertz CT molecular complexity index is 149. The Labute approximate surface area is 90.5 Å². The Morgan fingerprint density at radius 2 is 1.47 bits per heavy atom. The van der Waals surface area contributed by atoms with Crippen LogP contribution < -0.4 is 0 Å². The summed E-state index contributed by atoms with van der Waals surface area (Å²) in [6.07, 6.45) is 0.573. The molecule has 0 aliphatic carbocycles. The number of nitroso groups, excluding NO2 is 1. The van der Waals surface area contributed by atoms with Crippen molar-refractivity contribution < 1.29 is 19.5 Å². The number of nitrogens with zero attached hydrogens (tertiary/aromatic N) is 2. The third-order valence-electron chi connectivity index (χ3n) is 1.66. The summed E-state index contributed by atoms with van der Waals surface area (Å²) >= 11 is 0. The summed E-state index contributed by atoms with van der Waals surface area (Å²) in [5, 5.41) is 2.79. The van der Waals surface area contributed by atoms with Crippen molar-refractivity contribution >= 4 is 0 Å². The van der Waals surface area contributed by atoms with Crippen molar-refractivity contribution in [2.75, 3.05) is 32.9 Å². The lowest BCUT2D eigenvalue weighted by molar-refractivity contribution is -1.37. The number of hydrogen-bond acceptors (Lipinski definition) is 5. The molecule has 0 aromatic carbocycles. The summed E-state index contributed by atoms with van der Waals surface area (Å²) in [7, 11) is 0. The van der Waals surface area contributed by atoms with Crippen LogP contribution in [0.25, 0.3) is 0 Å². The first-order valence-electron chi connectivity index (χ1n) is 5.35. The van der Waals surface area contributed by atoms with Crippen molar-refractivity contribution in [2.45, 2.75) is 27.2 Å². The highest BCUT2D eigenvalue weighted by atomic mass is 17.2. The van der Waals surface area contributed by atoms with Crippen LogP contribution in [0.4, 0.5) is 0 Å². The second kappa shape index (κ2) is 8.72. The van der Waals surface area contributed by atoms with E-state index in [1.165, 1.54) is 0 Å². The standard InChI is InChI=1S/C9H21N2O4/c1-4-13-11(14-5-2,15-6-3)9-7-8-10-12/h4-9H2,1-3H3/q+1. The Morgan fingerprint density at radius 3 is 1.80 bits per heavy atom. The first-order chi connectivity index (χ1) is 7.24. The second-order valence-electron chi connectivity index (χ2n) is 2.79. The van der Waals surface area contributed by atoms with Gasteiger partial charge in [0, 0.05) is 6.42 Å². The number of rotatable bonds is 10. The molecule has 0 rings (SSSR count). The van der Waals surface area contributed by atoms with Crippen LogP contribution in [0.1, 0.15) is 27.2 Å². The molecule has 0 aromatic rings. The SMILES string of the molecule is CCO[N+](CCCN=O)(OCC)OCC. The Balaban J connectivity index is 4.24. The molecule has 0 amide bonds. The predicted octanol–water partition coefficient (Wildman–Crippen LogP) is 1.81. The highest BCUT2D eigenvalue weighted by Gasteiger charge is 2.33. The van der Waals surface area contributed by atoms with Crippen LogP contribution in [0, 0.1) is 4.91 Å². The molecule has 0 aliphatic heterocycles. The zero-order chi connectivity index (χ0) is 11.6. The van der Waals surface area contributed by atoms with E-state index in [1.54, 1.807) is 0 Å². The molecule has 0 heterocycles. The molecular formula is C9H21N2O4+. The van der Waals surface area contributed by atoms with Crippen molar-refractivity contribution in [1.29, 1.82) is 0 Å². The van der Waals surface area contributed by atoms with Gasteiger partial charge in [-0.15, -0.1) is 14.5 Å². The molecule has 0 saturated heterocycles. The van der Waals surface area contributed by atoms with E-state index in [-0.39, 0.29) is 11.5 Å². The number of hydrogen-bond donors (Lipinski definition) is 0. The highest BCUT2D eigenvalue weighted by Crippen LogP contribution is 2.13. The summed E-state index contributed by atoms with van der Waals surface area (Å²) in [4.78, 5) is 25.9. The fourth-order valence-electron chi connectivity index (χ4n) is 1.22. The van der Waals surface area contributed by atoms with Gasteiger partial charge in [0.1, 0.15) is 19.8 Å². The molecule has 0 unspecified atom stereocenters. The number of quaternary nitrogens is 1. The smallest absolute Gasteiger partial charge is 0.151 e. The van der Waals surface area contributed by atoms with Crippen LogP contribution in [-0.4, -0.2) is 37.9 Å². The van der Waals surface area contributed by atoms with Gasteiger partial charge >= 0.3 is 0 Å². The van der Waals surface area contributed by atoms with Gasteiger partial charge in [0.25, 0.3) is 0 Å². The lowest BCUT2D eigenvalue weighted by Crippen LogP contribution is -2.48. The summed E-state index contributed by atoms with van der Waals surface area (Å²) in [5.41, 5.74) is 0. The van der Waals surface area contributed by atoms with E-state index >= 15 is 0 Å². The molecule has 6 nitrogen and oxygen atoms in total. The van der Waals surface area contributed by atoms with E-state index in [9.17, 15) is 4.91 Å². The van der Waals surface area contributed by atoms with Crippen molar-refractivity contribution in [2.24, 2.45) is 5.18 Å². The van der Waals surface area contributed by atoms with E-state index in [2.05, 4.69) is 5.18 Å². The molecule has 0 radical (unpaired) electrons. The van der Waals surface area contributed by atoms with Crippen molar-refractivity contribution in [1.82, 2.24) is 0 Å². The first-order valence-corrected chi connectivity index (χ1v) is 5.35. The second-order valence-corrected chi connectivity index (χ2v) is 2.79. The van der Waals surface area contributed by atoms with Gasteiger partial charge in [-0.1, -0.05) is 5.18 Å². The maximum Gasteiger partial charge on any atom is 0.180 e. The van der Waals surface area contributed by atoms with Crippen LogP contribution in [0.3, 0.4) is 0 Å². The summed E-state index contributed by atoms with van der Waals surface area (Å²) in [5.74, 6) is 0. The molecule has 6 heteroatoms. The Morgan fingerprint density at radius 1 is 1.00 bits per heavy atom. The van der Waals surface area contributed by atoms with Crippen molar-refractivity contribution in [3.63, 3.8) is 0 Å².